The molecule has 2 aromatic rings. The monoisotopic (exact) mass is 256 g/mol. The van der Waals surface area contributed by atoms with E-state index in [2.05, 4.69) is 20.1 Å². The third-order valence-corrected chi connectivity index (χ3v) is 3.37. The van der Waals surface area contributed by atoms with E-state index in [-0.39, 0.29) is 0 Å². The Morgan fingerprint density at radius 3 is 2.53 bits per heavy atom. The lowest BCUT2D eigenvalue weighted by Gasteiger charge is -2.18. The summed E-state index contributed by atoms with van der Waals surface area (Å²) in [5.74, 6) is 1.76. The molecule has 0 bridgehead atoms. The molecule has 0 N–H and O–H groups in total. The lowest BCUT2D eigenvalue weighted by Crippen LogP contribution is -2.20. The minimum absolute atomic E-state index is 0.836. The zero-order valence-corrected chi connectivity index (χ0v) is 10.9. The third-order valence-electron chi connectivity index (χ3n) is 3.37. The summed E-state index contributed by atoms with van der Waals surface area (Å²) in [7, 11) is 1.66. The average Bonchev–Trinajstić information content (AvgIpc) is 3.01. The highest BCUT2D eigenvalue weighted by Gasteiger charge is 2.19. The molecule has 0 aliphatic carbocycles. The molecule has 0 radical (unpaired) electrons. The van der Waals surface area contributed by atoms with Gasteiger partial charge in [0, 0.05) is 18.7 Å². The molecule has 0 unspecified atom stereocenters. The van der Waals surface area contributed by atoms with Gasteiger partial charge in [0.05, 0.1) is 7.11 Å². The Kier molecular flexibility index (Phi) is 3.27. The summed E-state index contributed by atoms with van der Waals surface area (Å²) < 4.78 is 5.17. The molecule has 2 heterocycles. The highest BCUT2D eigenvalue weighted by molar-refractivity contribution is 5.72. The second kappa shape index (κ2) is 5.22. The van der Waals surface area contributed by atoms with Crippen LogP contribution < -0.4 is 9.64 Å². The van der Waals surface area contributed by atoms with Gasteiger partial charge in [-0.1, -0.05) is 0 Å². The molecule has 0 atom stereocenters. The zero-order chi connectivity index (χ0) is 13.1. The number of hydrogen-bond acceptors (Lipinski definition) is 5. The molecule has 1 aromatic heterocycles. The van der Waals surface area contributed by atoms with Crippen molar-refractivity contribution in [2.24, 2.45) is 0 Å². The molecule has 0 saturated carbocycles. The number of hydrogen-bond donors (Lipinski definition) is 0. The summed E-state index contributed by atoms with van der Waals surface area (Å²) in [5, 5.41) is 8.17. The van der Waals surface area contributed by atoms with Gasteiger partial charge in [-0.05, 0) is 37.1 Å². The number of aromatic nitrogens is 3. The maximum atomic E-state index is 5.17. The van der Waals surface area contributed by atoms with E-state index >= 15 is 0 Å². The predicted octanol–water partition coefficient (Wildman–Crippen LogP) is 2.15. The molecular weight excluding hydrogens is 240 g/mol. The number of ether oxygens (including phenoxy) is 1. The number of anilines is 1. The topological polar surface area (TPSA) is 51.1 Å². The van der Waals surface area contributed by atoms with Crippen LogP contribution in [0.3, 0.4) is 0 Å². The second-order valence-corrected chi connectivity index (χ2v) is 4.55. The van der Waals surface area contributed by atoms with Gasteiger partial charge in [-0.25, -0.2) is 4.98 Å². The molecule has 19 heavy (non-hydrogen) atoms. The molecule has 5 nitrogen and oxygen atoms in total. The fourth-order valence-electron chi connectivity index (χ4n) is 2.37. The van der Waals surface area contributed by atoms with Gasteiger partial charge in [0.2, 0.25) is 0 Å². The standard InChI is InChI=1S/C14H16N4O/c1-19-12-6-4-11(5-7-12)13-14(15-10-16-17-13)18-8-2-3-9-18/h4-7,10H,2-3,8-9H2,1H3. The van der Waals surface area contributed by atoms with E-state index in [1.807, 2.05) is 24.3 Å². The smallest absolute Gasteiger partial charge is 0.158 e. The van der Waals surface area contributed by atoms with Crippen LogP contribution in [0.25, 0.3) is 11.3 Å². The minimum atomic E-state index is 0.836. The van der Waals surface area contributed by atoms with Crippen molar-refractivity contribution in [1.82, 2.24) is 15.2 Å². The highest BCUT2D eigenvalue weighted by atomic mass is 16.5. The van der Waals surface area contributed by atoms with Crippen molar-refractivity contribution < 1.29 is 4.74 Å². The van der Waals surface area contributed by atoms with Gasteiger partial charge in [0.15, 0.2) is 5.82 Å². The predicted molar refractivity (Wildman–Crippen MR) is 73.3 cm³/mol. The number of nitrogens with zero attached hydrogens (tertiary/aromatic N) is 4. The normalized spacial score (nSPS) is 14.7. The summed E-state index contributed by atoms with van der Waals surface area (Å²) in [4.78, 5) is 6.67. The van der Waals surface area contributed by atoms with Crippen LogP contribution in [0.4, 0.5) is 5.82 Å². The van der Waals surface area contributed by atoms with Gasteiger partial charge in [0.1, 0.15) is 17.8 Å². The SMILES string of the molecule is COc1ccc(-c2nncnc2N2CCCC2)cc1. The number of methoxy groups -OCH3 is 1. The van der Waals surface area contributed by atoms with Crippen LogP contribution in [-0.4, -0.2) is 35.4 Å². The third kappa shape index (κ3) is 2.36. The van der Waals surface area contributed by atoms with Crippen molar-refractivity contribution in [3.8, 4) is 17.0 Å². The zero-order valence-electron chi connectivity index (χ0n) is 10.9. The first-order chi connectivity index (χ1) is 9.38. The average molecular weight is 256 g/mol. The van der Waals surface area contributed by atoms with Gasteiger partial charge >= 0.3 is 0 Å². The summed E-state index contributed by atoms with van der Waals surface area (Å²) in [5.41, 5.74) is 1.86. The first-order valence-electron chi connectivity index (χ1n) is 6.45. The lowest BCUT2D eigenvalue weighted by atomic mass is 10.1. The first kappa shape index (κ1) is 11.9. The Bertz CT molecular complexity index is 550. The molecule has 1 fully saturated rings. The molecule has 1 saturated heterocycles. The van der Waals surface area contributed by atoms with E-state index in [0.29, 0.717) is 0 Å². The van der Waals surface area contributed by atoms with Crippen molar-refractivity contribution in [1.29, 1.82) is 0 Å². The molecule has 1 aromatic carbocycles. The summed E-state index contributed by atoms with van der Waals surface area (Å²) in [6.07, 6.45) is 3.94. The van der Waals surface area contributed by atoms with Crippen molar-refractivity contribution in [2.75, 3.05) is 25.1 Å². The molecule has 1 aliphatic heterocycles. The van der Waals surface area contributed by atoms with Crippen LogP contribution in [0.15, 0.2) is 30.6 Å². The maximum Gasteiger partial charge on any atom is 0.158 e. The molecule has 98 valence electrons. The van der Waals surface area contributed by atoms with Crippen molar-refractivity contribution >= 4 is 5.82 Å². The van der Waals surface area contributed by atoms with Crippen LogP contribution >= 0.6 is 0 Å². The summed E-state index contributed by atoms with van der Waals surface area (Å²) >= 11 is 0. The Hall–Kier alpha value is -2.17. The maximum absolute atomic E-state index is 5.17. The minimum Gasteiger partial charge on any atom is -0.497 e. The highest BCUT2D eigenvalue weighted by Crippen LogP contribution is 2.29. The van der Waals surface area contributed by atoms with Gasteiger partial charge in [-0.3, -0.25) is 0 Å². The van der Waals surface area contributed by atoms with Crippen LogP contribution in [0.2, 0.25) is 0 Å². The number of benzene rings is 1. The molecule has 3 rings (SSSR count). The van der Waals surface area contributed by atoms with Gasteiger partial charge in [-0.15, -0.1) is 10.2 Å². The Morgan fingerprint density at radius 1 is 1.11 bits per heavy atom. The quantitative estimate of drug-likeness (QED) is 0.842. The molecule has 1 aliphatic rings. The molecule has 0 spiro atoms. The van der Waals surface area contributed by atoms with E-state index in [0.717, 1.165) is 35.9 Å². The second-order valence-electron chi connectivity index (χ2n) is 4.55. The Labute approximate surface area is 112 Å². The summed E-state index contributed by atoms with van der Waals surface area (Å²) in [6.45, 7) is 2.09. The van der Waals surface area contributed by atoms with Crippen LogP contribution in [0.5, 0.6) is 5.75 Å². The van der Waals surface area contributed by atoms with Gasteiger partial charge in [-0.2, -0.15) is 0 Å². The van der Waals surface area contributed by atoms with E-state index in [1.54, 1.807) is 7.11 Å². The van der Waals surface area contributed by atoms with E-state index in [1.165, 1.54) is 19.2 Å². The Morgan fingerprint density at radius 2 is 1.84 bits per heavy atom. The van der Waals surface area contributed by atoms with E-state index in [4.69, 9.17) is 4.74 Å². The first-order valence-corrected chi connectivity index (χ1v) is 6.45. The van der Waals surface area contributed by atoms with Crippen LogP contribution in [0.1, 0.15) is 12.8 Å². The van der Waals surface area contributed by atoms with Crippen molar-refractivity contribution in [3.63, 3.8) is 0 Å². The number of rotatable bonds is 3. The van der Waals surface area contributed by atoms with Crippen molar-refractivity contribution in [2.45, 2.75) is 12.8 Å². The van der Waals surface area contributed by atoms with Crippen molar-refractivity contribution in [3.05, 3.63) is 30.6 Å². The van der Waals surface area contributed by atoms with E-state index in [9.17, 15) is 0 Å². The molecule has 0 amide bonds. The lowest BCUT2D eigenvalue weighted by molar-refractivity contribution is 0.415. The van der Waals surface area contributed by atoms with E-state index < -0.39 is 0 Å². The Balaban J connectivity index is 1.98. The van der Waals surface area contributed by atoms with Crippen LogP contribution in [0, 0.1) is 0 Å². The summed E-state index contributed by atoms with van der Waals surface area (Å²) in [6, 6.07) is 7.84. The van der Waals surface area contributed by atoms with Gasteiger partial charge < -0.3 is 9.64 Å². The van der Waals surface area contributed by atoms with Crippen LogP contribution in [-0.2, 0) is 0 Å². The molecule has 5 heteroatoms. The van der Waals surface area contributed by atoms with Gasteiger partial charge in [0.25, 0.3) is 0 Å². The fraction of sp³-hybridized carbons (Fsp3) is 0.357. The fourth-order valence-corrected chi connectivity index (χ4v) is 2.37. The largest absolute Gasteiger partial charge is 0.497 e. The molecular formula is C14H16N4O.